The number of carboxylic acids is 1. The van der Waals surface area contributed by atoms with Gasteiger partial charge in [-0.05, 0) is 30.3 Å². The maximum absolute atomic E-state index is 11.3. The Morgan fingerprint density at radius 2 is 1.70 bits per heavy atom. The van der Waals surface area contributed by atoms with Crippen LogP contribution in [0.1, 0.15) is 10.4 Å². The van der Waals surface area contributed by atoms with Crippen molar-refractivity contribution in [1.29, 1.82) is 0 Å². The van der Waals surface area contributed by atoms with Crippen molar-refractivity contribution in [2.24, 2.45) is 0 Å². The predicted molar refractivity (Wildman–Crippen MR) is 89.7 cm³/mol. The molecule has 2 aromatic heterocycles. The molecule has 0 aliphatic heterocycles. The number of carboxylic acid groups (broad SMARTS) is 1. The number of thiazole rings is 1. The van der Waals surface area contributed by atoms with Gasteiger partial charge in [-0.25, -0.2) is 9.78 Å². The molecule has 2 heterocycles. The van der Waals surface area contributed by atoms with Gasteiger partial charge in [-0.1, -0.05) is 30.3 Å². The van der Waals surface area contributed by atoms with E-state index < -0.39 is 5.97 Å². The van der Waals surface area contributed by atoms with Crippen molar-refractivity contribution >= 4 is 27.5 Å². The van der Waals surface area contributed by atoms with Gasteiger partial charge in [0.1, 0.15) is 5.76 Å². The summed E-state index contributed by atoms with van der Waals surface area (Å²) in [5.74, 6) is 0.192. The number of carbonyl (C=O) groups is 1. The molecule has 0 aliphatic rings. The van der Waals surface area contributed by atoms with Gasteiger partial charge in [0.05, 0.1) is 15.8 Å². The number of benzene rings is 2. The Balaban J connectivity index is 1.79. The van der Waals surface area contributed by atoms with E-state index in [1.54, 1.807) is 41.7 Å². The van der Waals surface area contributed by atoms with E-state index in [2.05, 4.69) is 4.98 Å². The van der Waals surface area contributed by atoms with Crippen molar-refractivity contribution in [2.75, 3.05) is 0 Å². The Labute approximate surface area is 135 Å². The van der Waals surface area contributed by atoms with Gasteiger partial charge in [0.15, 0.2) is 10.8 Å². The van der Waals surface area contributed by atoms with E-state index in [9.17, 15) is 9.90 Å². The van der Waals surface area contributed by atoms with Crippen molar-refractivity contribution in [1.82, 2.24) is 4.98 Å². The van der Waals surface area contributed by atoms with Gasteiger partial charge >= 0.3 is 5.97 Å². The van der Waals surface area contributed by atoms with Crippen molar-refractivity contribution in [2.45, 2.75) is 0 Å². The molecular weight excluding hydrogens is 310 g/mol. The zero-order chi connectivity index (χ0) is 15.8. The lowest BCUT2D eigenvalue weighted by Gasteiger charge is -2.02. The number of nitrogens with zero attached hydrogens (tertiary/aromatic N) is 1. The Morgan fingerprint density at radius 1 is 0.957 bits per heavy atom. The molecule has 0 saturated carbocycles. The first-order valence-electron chi connectivity index (χ1n) is 7.01. The number of hydrogen-bond acceptors (Lipinski definition) is 4. The fourth-order valence-electron chi connectivity index (χ4n) is 2.46. The van der Waals surface area contributed by atoms with Crippen LogP contribution in [0.15, 0.2) is 65.1 Å². The number of hydrogen-bond donors (Lipinski definition) is 1. The van der Waals surface area contributed by atoms with Gasteiger partial charge in [0.2, 0.25) is 0 Å². The molecule has 0 unspecified atom stereocenters. The zero-order valence-corrected chi connectivity index (χ0v) is 12.7. The average molecular weight is 321 g/mol. The number of aromatic carboxylic acids is 1. The van der Waals surface area contributed by atoms with Gasteiger partial charge < -0.3 is 9.52 Å². The number of fused-ring (bicyclic) bond motifs is 1. The fourth-order valence-corrected chi connectivity index (χ4v) is 3.39. The molecule has 112 valence electrons. The molecule has 4 rings (SSSR count). The van der Waals surface area contributed by atoms with Crippen LogP contribution in [0.3, 0.4) is 0 Å². The molecule has 0 fully saturated rings. The minimum atomic E-state index is -0.974. The number of aromatic nitrogens is 1. The van der Waals surface area contributed by atoms with Gasteiger partial charge in [-0.15, -0.1) is 11.3 Å². The van der Waals surface area contributed by atoms with Crippen LogP contribution in [-0.4, -0.2) is 16.1 Å². The summed E-state index contributed by atoms with van der Waals surface area (Å²) in [6, 6.07) is 18.3. The van der Waals surface area contributed by atoms with E-state index in [4.69, 9.17) is 4.42 Å². The van der Waals surface area contributed by atoms with Crippen molar-refractivity contribution in [3.63, 3.8) is 0 Å². The molecule has 0 saturated heterocycles. The standard InChI is InChI=1S/C18H11NO3S/c20-18(21)12-6-2-1-5-11(12)14-9-10-15(22-14)17-19-13-7-3-4-8-16(13)23-17/h1-10H,(H,20,21). The number of para-hydroxylation sites is 1. The molecule has 0 spiro atoms. The van der Waals surface area contributed by atoms with Crippen LogP contribution in [0.25, 0.3) is 32.3 Å². The molecule has 4 aromatic rings. The van der Waals surface area contributed by atoms with E-state index in [0.29, 0.717) is 17.1 Å². The summed E-state index contributed by atoms with van der Waals surface area (Å²) in [5.41, 5.74) is 1.71. The Kier molecular flexibility index (Phi) is 3.20. The SMILES string of the molecule is O=C(O)c1ccccc1-c1ccc(-c2nc3ccccc3s2)o1. The first-order chi connectivity index (χ1) is 11.2. The fraction of sp³-hybridized carbons (Fsp3) is 0. The second kappa shape index (κ2) is 5.37. The van der Waals surface area contributed by atoms with E-state index in [1.165, 1.54) is 0 Å². The highest BCUT2D eigenvalue weighted by molar-refractivity contribution is 7.21. The molecule has 2 aromatic carbocycles. The Hall–Kier alpha value is -2.92. The lowest BCUT2D eigenvalue weighted by atomic mass is 10.1. The van der Waals surface area contributed by atoms with Crippen LogP contribution in [0.5, 0.6) is 0 Å². The van der Waals surface area contributed by atoms with Crippen molar-refractivity contribution in [3.05, 3.63) is 66.2 Å². The highest BCUT2D eigenvalue weighted by Crippen LogP contribution is 2.34. The minimum Gasteiger partial charge on any atom is -0.478 e. The summed E-state index contributed by atoms with van der Waals surface area (Å²) in [6.45, 7) is 0. The zero-order valence-electron chi connectivity index (χ0n) is 11.9. The lowest BCUT2D eigenvalue weighted by molar-refractivity contribution is 0.0697. The summed E-state index contributed by atoms with van der Waals surface area (Å²) < 4.78 is 6.95. The van der Waals surface area contributed by atoms with E-state index in [-0.39, 0.29) is 5.56 Å². The van der Waals surface area contributed by atoms with Gasteiger partial charge in [0.25, 0.3) is 0 Å². The molecule has 0 radical (unpaired) electrons. The molecular formula is C18H11NO3S. The molecule has 23 heavy (non-hydrogen) atoms. The summed E-state index contributed by atoms with van der Waals surface area (Å²) in [5, 5.41) is 10.1. The van der Waals surface area contributed by atoms with Crippen LogP contribution >= 0.6 is 11.3 Å². The second-order valence-electron chi connectivity index (χ2n) is 5.00. The summed E-state index contributed by atoms with van der Waals surface area (Å²) in [6.07, 6.45) is 0. The monoisotopic (exact) mass is 321 g/mol. The first kappa shape index (κ1) is 13.7. The molecule has 0 amide bonds. The number of furan rings is 1. The second-order valence-corrected chi connectivity index (χ2v) is 6.03. The van der Waals surface area contributed by atoms with Crippen LogP contribution in [0, 0.1) is 0 Å². The normalized spacial score (nSPS) is 11.0. The van der Waals surface area contributed by atoms with Crippen LogP contribution in [0.2, 0.25) is 0 Å². The smallest absolute Gasteiger partial charge is 0.336 e. The summed E-state index contributed by atoms with van der Waals surface area (Å²) >= 11 is 1.55. The number of rotatable bonds is 3. The van der Waals surface area contributed by atoms with E-state index in [0.717, 1.165) is 15.2 Å². The molecule has 0 atom stereocenters. The molecule has 0 aliphatic carbocycles. The largest absolute Gasteiger partial charge is 0.478 e. The minimum absolute atomic E-state index is 0.220. The third-order valence-corrected chi connectivity index (χ3v) is 4.58. The van der Waals surface area contributed by atoms with Gasteiger partial charge in [-0.3, -0.25) is 0 Å². The molecule has 5 heteroatoms. The highest BCUT2D eigenvalue weighted by atomic mass is 32.1. The summed E-state index contributed by atoms with van der Waals surface area (Å²) in [7, 11) is 0. The Morgan fingerprint density at radius 3 is 2.52 bits per heavy atom. The third kappa shape index (κ3) is 2.41. The van der Waals surface area contributed by atoms with Gasteiger partial charge in [-0.2, -0.15) is 0 Å². The Bertz CT molecular complexity index is 983. The maximum atomic E-state index is 11.3. The lowest BCUT2D eigenvalue weighted by Crippen LogP contribution is -1.98. The average Bonchev–Trinajstić information content (AvgIpc) is 3.21. The van der Waals surface area contributed by atoms with E-state index in [1.807, 2.05) is 30.3 Å². The predicted octanol–water partition coefficient (Wildman–Crippen LogP) is 4.92. The quantitative estimate of drug-likeness (QED) is 0.581. The third-order valence-electron chi connectivity index (χ3n) is 3.53. The summed E-state index contributed by atoms with van der Waals surface area (Å²) in [4.78, 5) is 15.9. The molecule has 4 nitrogen and oxygen atoms in total. The van der Waals surface area contributed by atoms with Gasteiger partial charge in [0, 0.05) is 5.56 Å². The van der Waals surface area contributed by atoms with Crippen molar-refractivity contribution < 1.29 is 14.3 Å². The highest BCUT2D eigenvalue weighted by Gasteiger charge is 2.16. The van der Waals surface area contributed by atoms with Crippen LogP contribution < -0.4 is 0 Å². The van der Waals surface area contributed by atoms with Crippen molar-refractivity contribution in [3.8, 4) is 22.1 Å². The first-order valence-corrected chi connectivity index (χ1v) is 7.82. The molecule has 0 bridgehead atoms. The topological polar surface area (TPSA) is 63.3 Å². The van der Waals surface area contributed by atoms with E-state index >= 15 is 0 Å². The van der Waals surface area contributed by atoms with Crippen LogP contribution in [-0.2, 0) is 0 Å². The maximum Gasteiger partial charge on any atom is 0.336 e. The van der Waals surface area contributed by atoms with Crippen LogP contribution in [0.4, 0.5) is 0 Å². The molecule has 1 N–H and O–H groups in total.